The van der Waals surface area contributed by atoms with Gasteiger partial charge in [0.2, 0.25) is 0 Å². The van der Waals surface area contributed by atoms with Gasteiger partial charge >= 0.3 is 39.5 Å². The van der Waals surface area contributed by atoms with Crippen LogP contribution in [0.25, 0.3) is 0 Å². The van der Waals surface area contributed by atoms with Crippen molar-refractivity contribution in [2.24, 2.45) is 0 Å². The van der Waals surface area contributed by atoms with Gasteiger partial charge in [0.15, 0.2) is 12.2 Å². The van der Waals surface area contributed by atoms with Gasteiger partial charge in [-0.1, -0.05) is 260 Å². The number of allylic oxidation sites excluding steroid dienone is 14. The van der Waals surface area contributed by atoms with Crippen molar-refractivity contribution in [2.75, 3.05) is 39.6 Å². The number of phosphoric acid groups is 2. The van der Waals surface area contributed by atoms with Crippen LogP contribution < -0.4 is 0 Å². The smallest absolute Gasteiger partial charge is 0.462 e. The third-order valence-electron chi connectivity index (χ3n) is 15.4. The fourth-order valence-corrected chi connectivity index (χ4v) is 11.3. The normalized spacial score (nSPS) is 14.5. The van der Waals surface area contributed by atoms with Crippen molar-refractivity contribution in [1.82, 2.24) is 0 Å². The topological polar surface area (TPSA) is 237 Å². The highest BCUT2D eigenvalue weighted by Crippen LogP contribution is 2.45. The van der Waals surface area contributed by atoms with E-state index < -0.39 is 97.5 Å². The van der Waals surface area contributed by atoms with Crippen molar-refractivity contribution < 1.29 is 80.2 Å². The summed E-state index contributed by atoms with van der Waals surface area (Å²) in [7, 11) is -9.94. The predicted molar refractivity (Wildman–Crippen MR) is 381 cm³/mol. The first-order valence-electron chi connectivity index (χ1n) is 36.8. The molecule has 0 aromatic carbocycles. The Morgan fingerprint density at radius 3 is 0.894 bits per heavy atom. The Morgan fingerprint density at radius 1 is 0.309 bits per heavy atom. The molecule has 0 radical (unpaired) electrons. The van der Waals surface area contributed by atoms with E-state index in [2.05, 4.69) is 113 Å². The number of carbonyl (C=O) groups excluding carboxylic acids is 4. The number of phosphoric ester groups is 2. The largest absolute Gasteiger partial charge is 0.472 e. The summed E-state index contributed by atoms with van der Waals surface area (Å²) in [5.41, 5.74) is 0. The fraction of sp³-hybridized carbons (Fsp3) is 0.760. The first-order valence-corrected chi connectivity index (χ1v) is 39.8. The van der Waals surface area contributed by atoms with Crippen LogP contribution in [0.1, 0.15) is 310 Å². The number of carbonyl (C=O) groups is 4. The van der Waals surface area contributed by atoms with Crippen LogP contribution in [-0.4, -0.2) is 96.7 Å². The van der Waals surface area contributed by atoms with Gasteiger partial charge in [0.1, 0.15) is 19.3 Å². The Hall–Kier alpha value is -3.76. The van der Waals surface area contributed by atoms with Crippen molar-refractivity contribution in [3.8, 4) is 0 Å². The number of rotatable bonds is 69. The molecular weight excluding hydrogens is 1230 g/mol. The van der Waals surface area contributed by atoms with Gasteiger partial charge < -0.3 is 33.8 Å². The van der Waals surface area contributed by atoms with Gasteiger partial charge in [0, 0.05) is 25.7 Å². The molecule has 0 bridgehead atoms. The second kappa shape index (κ2) is 67.8. The van der Waals surface area contributed by atoms with Crippen molar-refractivity contribution in [3.05, 3.63) is 85.1 Å². The van der Waals surface area contributed by atoms with Crippen molar-refractivity contribution in [3.63, 3.8) is 0 Å². The molecule has 94 heavy (non-hydrogen) atoms. The molecule has 0 saturated carbocycles. The lowest BCUT2D eigenvalue weighted by Gasteiger charge is -2.21. The highest BCUT2D eigenvalue weighted by molar-refractivity contribution is 7.47. The fourth-order valence-electron chi connectivity index (χ4n) is 9.76. The van der Waals surface area contributed by atoms with Crippen LogP contribution in [-0.2, 0) is 65.4 Å². The number of hydrogen-bond donors (Lipinski definition) is 3. The third kappa shape index (κ3) is 66.8. The molecule has 0 rings (SSSR count). The van der Waals surface area contributed by atoms with E-state index >= 15 is 0 Å². The lowest BCUT2D eigenvalue weighted by atomic mass is 10.0. The zero-order chi connectivity index (χ0) is 69.0. The van der Waals surface area contributed by atoms with E-state index in [-0.39, 0.29) is 25.7 Å². The molecule has 3 N–H and O–H groups in total. The lowest BCUT2D eigenvalue weighted by Crippen LogP contribution is -2.30. The maximum Gasteiger partial charge on any atom is 0.472 e. The Balaban J connectivity index is 5.34. The molecule has 0 saturated heterocycles. The van der Waals surface area contributed by atoms with E-state index in [0.717, 1.165) is 161 Å². The number of ether oxygens (including phenoxy) is 4. The Labute approximate surface area is 570 Å². The molecule has 0 aromatic rings. The van der Waals surface area contributed by atoms with E-state index in [9.17, 15) is 43.2 Å². The molecule has 17 nitrogen and oxygen atoms in total. The molecular formula is C75H132O17P2. The van der Waals surface area contributed by atoms with Crippen LogP contribution in [0, 0.1) is 0 Å². The molecule has 5 unspecified atom stereocenters. The molecule has 0 fully saturated rings. The quantitative estimate of drug-likeness (QED) is 0.0169. The maximum absolute atomic E-state index is 13.0. The molecule has 0 aromatic heterocycles. The van der Waals surface area contributed by atoms with Crippen molar-refractivity contribution in [2.45, 2.75) is 329 Å². The minimum Gasteiger partial charge on any atom is -0.462 e. The SMILES string of the molecule is CC/C=C\C/C=C\C/C=C\CCCCCCCC(=O)OCC(COP(=O)(O)OCC(O)COP(=O)(O)OCC(COC(=O)CCCCCCCCCCCCCCC)OC(=O)CCCCCCC/C=C\CCCC)OC(=O)CCCCCCC/C=C\C/C=C\C/C=C\CC. The molecule has 0 spiro atoms. The summed E-state index contributed by atoms with van der Waals surface area (Å²) in [6, 6.07) is 0. The first-order chi connectivity index (χ1) is 45.7. The van der Waals surface area contributed by atoms with E-state index in [4.69, 9.17) is 37.0 Å². The van der Waals surface area contributed by atoms with Gasteiger partial charge in [-0.05, 0) is 109 Å². The number of esters is 4. The van der Waals surface area contributed by atoms with Crippen LogP contribution in [0.3, 0.4) is 0 Å². The van der Waals surface area contributed by atoms with Gasteiger partial charge in [-0.3, -0.25) is 37.3 Å². The predicted octanol–water partition coefficient (Wildman–Crippen LogP) is 20.7. The summed E-state index contributed by atoms with van der Waals surface area (Å²) in [5.74, 6) is -2.21. The molecule has 0 aliphatic heterocycles. The third-order valence-corrected chi connectivity index (χ3v) is 17.3. The summed E-state index contributed by atoms with van der Waals surface area (Å²) in [6.07, 6.45) is 67.3. The number of aliphatic hydroxyl groups is 1. The van der Waals surface area contributed by atoms with Gasteiger partial charge in [-0.15, -0.1) is 0 Å². The van der Waals surface area contributed by atoms with E-state index in [1.54, 1.807) is 0 Å². The zero-order valence-electron chi connectivity index (χ0n) is 59.1. The molecule has 5 atom stereocenters. The molecule has 0 heterocycles. The minimum atomic E-state index is -4.98. The zero-order valence-corrected chi connectivity index (χ0v) is 60.9. The van der Waals surface area contributed by atoms with Crippen LogP contribution in [0.15, 0.2) is 85.1 Å². The van der Waals surface area contributed by atoms with E-state index in [1.807, 2.05) is 0 Å². The second-order valence-corrected chi connectivity index (χ2v) is 27.4. The number of hydrogen-bond acceptors (Lipinski definition) is 15. The molecule has 0 aliphatic carbocycles. The highest BCUT2D eigenvalue weighted by Gasteiger charge is 2.30. The van der Waals surface area contributed by atoms with Crippen molar-refractivity contribution in [1.29, 1.82) is 0 Å². The monoisotopic (exact) mass is 1370 g/mol. The van der Waals surface area contributed by atoms with Crippen LogP contribution in [0.4, 0.5) is 0 Å². The summed E-state index contributed by atoms with van der Waals surface area (Å²) in [6.45, 7) is 4.58. The molecule has 544 valence electrons. The van der Waals surface area contributed by atoms with Crippen LogP contribution >= 0.6 is 15.6 Å². The van der Waals surface area contributed by atoms with Gasteiger partial charge in [-0.25, -0.2) is 9.13 Å². The summed E-state index contributed by atoms with van der Waals surface area (Å²) >= 11 is 0. The number of aliphatic hydroxyl groups excluding tert-OH is 1. The highest BCUT2D eigenvalue weighted by atomic mass is 31.2. The van der Waals surface area contributed by atoms with Gasteiger partial charge in [-0.2, -0.15) is 0 Å². The van der Waals surface area contributed by atoms with Crippen molar-refractivity contribution >= 4 is 39.5 Å². The summed E-state index contributed by atoms with van der Waals surface area (Å²) in [4.78, 5) is 72.7. The Morgan fingerprint density at radius 2 is 0.564 bits per heavy atom. The maximum atomic E-state index is 13.0. The average molecular weight is 1370 g/mol. The van der Waals surface area contributed by atoms with Crippen LogP contribution in [0.5, 0.6) is 0 Å². The van der Waals surface area contributed by atoms with Gasteiger partial charge in [0.05, 0.1) is 26.4 Å². The molecule has 0 aliphatic rings. The second-order valence-electron chi connectivity index (χ2n) is 24.5. The summed E-state index contributed by atoms with van der Waals surface area (Å²) < 4.78 is 68.3. The molecule has 19 heteroatoms. The lowest BCUT2D eigenvalue weighted by molar-refractivity contribution is -0.161. The number of unbranched alkanes of at least 4 members (excludes halogenated alkanes) is 29. The standard InChI is InChI=1S/C75H132O17P2/c1-5-9-13-17-21-25-29-32-34-37-41-44-48-52-56-60-73(78)86-66-71(92-75(80)62-58-54-50-46-42-38-35-33-30-26-22-18-14-10-6-2)68-90-94(83,84)88-64-69(76)63-87-93(81,82)89-67-70(91-74(79)61-57-53-49-45-39-28-24-20-16-12-8-4)65-85-72(77)59-55-51-47-43-40-36-31-27-23-19-15-11-7-3/h9-10,13-14,20-22,24-26,32-35,69-71,76H,5-8,11-12,15-19,23,27-31,36-68H2,1-4H3,(H,81,82)(H,83,84)/b13-9-,14-10-,24-20-,25-21-,26-22-,34-32-,35-33-. The van der Waals surface area contributed by atoms with E-state index in [0.29, 0.717) is 25.7 Å². The summed E-state index contributed by atoms with van der Waals surface area (Å²) in [5, 5.41) is 10.6. The Kier molecular flexibility index (Phi) is 65.1. The van der Waals surface area contributed by atoms with E-state index in [1.165, 1.54) is 70.6 Å². The Bertz CT molecular complexity index is 2120. The van der Waals surface area contributed by atoms with Crippen LogP contribution in [0.2, 0.25) is 0 Å². The average Bonchev–Trinajstić information content (AvgIpc) is 1.36. The minimum absolute atomic E-state index is 0.0721. The first kappa shape index (κ1) is 90.2. The molecule has 0 amide bonds. The van der Waals surface area contributed by atoms with Gasteiger partial charge in [0.25, 0.3) is 0 Å².